The zero-order valence-corrected chi connectivity index (χ0v) is 27.5. The molecule has 0 amide bonds. The molecule has 8 nitrogen and oxygen atoms in total. The van der Waals surface area contributed by atoms with Crippen molar-refractivity contribution in [2.24, 2.45) is 23.7 Å². The number of aliphatic hydroxyl groups is 1. The summed E-state index contributed by atoms with van der Waals surface area (Å²) in [5.74, 6) is -0.702. The van der Waals surface area contributed by atoms with E-state index in [9.17, 15) is 19.5 Å². The van der Waals surface area contributed by atoms with Crippen LogP contribution < -0.4 is 0 Å². The third kappa shape index (κ3) is 8.28. The van der Waals surface area contributed by atoms with Crippen LogP contribution in [0.1, 0.15) is 139 Å². The van der Waals surface area contributed by atoms with Crippen molar-refractivity contribution >= 4 is 17.9 Å². The van der Waals surface area contributed by atoms with Crippen LogP contribution in [0.15, 0.2) is 0 Å². The van der Waals surface area contributed by atoms with Crippen LogP contribution in [-0.4, -0.2) is 58.1 Å². The van der Waals surface area contributed by atoms with Gasteiger partial charge in [0.25, 0.3) is 0 Å². The highest BCUT2D eigenvalue weighted by Gasteiger charge is 2.65. The quantitative estimate of drug-likeness (QED) is 0.151. The molecule has 2 heterocycles. The summed E-state index contributed by atoms with van der Waals surface area (Å²) in [5.41, 5.74) is -3.19. The van der Waals surface area contributed by atoms with Crippen molar-refractivity contribution in [2.75, 3.05) is 0 Å². The molecule has 9 unspecified atom stereocenters. The first-order chi connectivity index (χ1) is 19.6. The molecule has 42 heavy (non-hydrogen) atoms. The Kier molecular flexibility index (Phi) is 11.9. The predicted octanol–water partition coefficient (Wildman–Crippen LogP) is 6.68. The number of carbonyl (C=O) groups excluding carboxylic acids is 3. The summed E-state index contributed by atoms with van der Waals surface area (Å²) >= 11 is 0. The van der Waals surface area contributed by atoms with E-state index in [1.165, 1.54) is 39.5 Å². The van der Waals surface area contributed by atoms with Crippen molar-refractivity contribution in [3.05, 3.63) is 0 Å². The number of esters is 3. The summed E-state index contributed by atoms with van der Waals surface area (Å²) in [7, 11) is 0. The van der Waals surface area contributed by atoms with Crippen LogP contribution in [0.4, 0.5) is 0 Å². The van der Waals surface area contributed by atoms with Crippen molar-refractivity contribution in [3.63, 3.8) is 0 Å². The molecule has 242 valence electrons. The standard InChI is InChI=1S/C34H58O8/c1-9-10-11-12-13-14-15-16-28(37)40-27-18-20-34(8,42-24(5)36)31-29-25(22(2)3)17-19-33(7,41-23(4)35)30(29)26(39-31)21-32(27,6)38/h22,25-27,29-31,38H,9-21H2,1-8H3. The Morgan fingerprint density at radius 3 is 2.05 bits per heavy atom. The SMILES string of the molecule is CCCCCCCCCC(=O)OC1CCC(C)(OC(C)=O)C2OC(CC1(C)O)C1C2C(C(C)C)CCC1(C)OC(C)=O. The van der Waals surface area contributed by atoms with Crippen LogP contribution in [0.2, 0.25) is 0 Å². The molecule has 3 fully saturated rings. The summed E-state index contributed by atoms with van der Waals surface area (Å²) in [6.07, 6.45) is 8.82. The Hall–Kier alpha value is -1.67. The van der Waals surface area contributed by atoms with E-state index in [-0.39, 0.29) is 36.1 Å². The van der Waals surface area contributed by atoms with E-state index in [4.69, 9.17) is 18.9 Å². The minimum Gasteiger partial charge on any atom is -0.459 e. The molecule has 2 aliphatic heterocycles. The lowest BCUT2D eigenvalue weighted by Gasteiger charge is -2.51. The lowest BCUT2D eigenvalue weighted by molar-refractivity contribution is -0.185. The van der Waals surface area contributed by atoms with Crippen molar-refractivity contribution in [3.8, 4) is 0 Å². The molecule has 2 saturated heterocycles. The van der Waals surface area contributed by atoms with Crippen molar-refractivity contribution in [2.45, 2.75) is 174 Å². The highest BCUT2D eigenvalue weighted by Crippen LogP contribution is 2.58. The van der Waals surface area contributed by atoms with Crippen molar-refractivity contribution in [1.82, 2.24) is 0 Å². The molecule has 1 aliphatic carbocycles. The van der Waals surface area contributed by atoms with E-state index in [2.05, 4.69) is 20.8 Å². The predicted molar refractivity (Wildman–Crippen MR) is 161 cm³/mol. The van der Waals surface area contributed by atoms with E-state index in [1.807, 2.05) is 13.8 Å². The summed E-state index contributed by atoms with van der Waals surface area (Å²) < 4.78 is 24.9. The fraction of sp³-hybridized carbons (Fsp3) is 0.912. The lowest BCUT2D eigenvalue weighted by atomic mass is 9.57. The van der Waals surface area contributed by atoms with Gasteiger partial charge in [-0.05, 0) is 64.7 Å². The lowest BCUT2D eigenvalue weighted by Crippen LogP contribution is -2.58. The molecule has 9 atom stereocenters. The molecule has 1 saturated carbocycles. The average Bonchev–Trinajstić information content (AvgIpc) is 3.26. The fourth-order valence-corrected chi connectivity index (χ4v) is 8.33. The summed E-state index contributed by atoms with van der Waals surface area (Å²) in [6, 6.07) is 0. The monoisotopic (exact) mass is 594 g/mol. The van der Waals surface area contributed by atoms with Gasteiger partial charge in [-0.2, -0.15) is 0 Å². The molecule has 8 heteroatoms. The number of fused-ring (bicyclic) bond motifs is 5. The van der Waals surface area contributed by atoms with Gasteiger partial charge in [-0.3, -0.25) is 14.4 Å². The number of hydrogen-bond donors (Lipinski definition) is 1. The number of hydrogen-bond acceptors (Lipinski definition) is 8. The molecule has 0 spiro atoms. The van der Waals surface area contributed by atoms with Crippen LogP contribution in [0, 0.1) is 23.7 Å². The largest absolute Gasteiger partial charge is 0.459 e. The van der Waals surface area contributed by atoms with Gasteiger partial charge in [-0.25, -0.2) is 0 Å². The topological polar surface area (TPSA) is 108 Å². The molecule has 3 rings (SSSR count). The first-order valence-electron chi connectivity index (χ1n) is 16.6. The van der Waals surface area contributed by atoms with Gasteiger partial charge < -0.3 is 24.1 Å². The minimum absolute atomic E-state index is 0.0373. The molecule has 0 aromatic rings. The molecule has 3 aliphatic rings. The van der Waals surface area contributed by atoms with Gasteiger partial charge in [0, 0.05) is 38.5 Å². The molecule has 0 aromatic heterocycles. The van der Waals surface area contributed by atoms with Crippen LogP contribution in [-0.2, 0) is 33.3 Å². The molecule has 2 bridgehead atoms. The number of unbranched alkanes of at least 4 members (excludes halogenated alkanes) is 6. The van der Waals surface area contributed by atoms with E-state index < -0.39 is 41.1 Å². The van der Waals surface area contributed by atoms with Crippen LogP contribution in [0.3, 0.4) is 0 Å². The fourth-order valence-electron chi connectivity index (χ4n) is 8.33. The average molecular weight is 595 g/mol. The van der Waals surface area contributed by atoms with E-state index in [0.29, 0.717) is 31.6 Å². The van der Waals surface area contributed by atoms with Gasteiger partial charge >= 0.3 is 17.9 Å². The highest BCUT2D eigenvalue weighted by atomic mass is 16.6. The smallest absolute Gasteiger partial charge is 0.306 e. The molecular formula is C34H58O8. The Bertz CT molecular complexity index is 931. The summed E-state index contributed by atoms with van der Waals surface area (Å²) in [4.78, 5) is 37.8. The molecule has 1 N–H and O–H groups in total. The normalized spacial score (nSPS) is 38.1. The molecule has 0 aromatic carbocycles. The summed E-state index contributed by atoms with van der Waals surface area (Å²) in [6.45, 7) is 15.0. The van der Waals surface area contributed by atoms with Crippen LogP contribution in [0.5, 0.6) is 0 Å². The van der Waals surface area contributed by atoms with Gasteiger partial charge in [-0.15, -0.1) is 0 Å². The van der Waals surface area contributed by atoms with E-state index in [0.717, 1.165) is 25.7 Å². The molecular weight excluding hydrogens is 536 g/mol. The Morgan fingerprint density at radius 1 is 0.881 bits per heavy atom. The zero-order valence-electron chi connectivity index (χ0n) is 27.5. The number of rotatable bonds is 12. The summed E-state index contributed by atoms with van der Waals surface area (Å²) in [5, 5.41) is 11.9. The minimum atomic E-state index is -1.39. The highest BCUT2D eigenvalue weighted by molar-refractivity contribution is 5.69. The van der Waals surface area contributed by atoms with Crippen molar-refractivity contribution in [1.29, 1.82) is 0 Å². The van der Waals surface area contributed by atoms with Gasteiger partial charge in [0.1, 0.15) is 29.0 Å². The van der Waals surface area contributed by atoms with E-state index in [1.54, 1.807) is 6.92 Å². The Morgan fingerprint density at radius 2 is 1.45 bits per heavy atom. The first-order valence-corrected chi connectivity index (χ1v) is 16.6. The van der Waals surface area contributed by atoms with Gasteiger partial charge in [0.15, 0.2) is 0 Å². The van der Waals surface area contributed by atoms with Crippen molar-refractivity contribution < 1.29 is 38.4 Å². The van der Waals surface area contributed by atoms with Gasteiger partial charge in [-0.1, -0.05) is 59.3 Å². The van der Waals surface area contributed by atoms with Crippen LogP contribution in [0.25, 0.3) is 0 Å². The second kappa shape index (κ2) is 14.4. The zero-order chi connectivity index (χ0) is 31.3. The third-order valence-corrected chi connectivity index (χ3v) is 10.3. The maximum atomic E-state index is 13.0. The van der Waals surface area contributed by atoms with Crippen LogP contribution >= 0.6 is 0 Å². The van der Waals surface area contributed by atoms with Gasteiger partial charge in [0.05, 0.1) is 6.10 Å². The third-order valence-electron chi connectivity index (χ3n) is 10.3. The van der Waals surface area contributed by atoms with E-state index >= 15 is 0 Å². The Balaban J connectivity index is 1.88. The molecule has 0 radical (unpaired) electrons. The Labute approximate surface area is 253 Å². The van der Waals surface area contributed by atoms with Gasteiger partial charge in [0.2, 0.25) is 0 Å². The maximum Gasteiger partial charge on any atom is 0.306 e. The number of carbonyl (C=O) groups is 3. The second-order valence-corrected chi connectivity index (χ2v) is 14.4. The maximum absolute atomic E-state index is 13.0. The number of ether oxygens (including phenoxy) is 4. The second-order valence-electron chi connectivity index (χ2n) is 14.4. The first kappa shape index (κ1) is 34.8.